The Labute approximate surface area is 113 Å². The smallest absolute Gasteiger partial charge is 0.257 e. The van der Waals surface area contributed by atoms with Gasteiger partial charge in [-0.05, 0) is 12.0 Å². The van der Waals surface area contributed by atoms with E-state index in [1.54, 1.807) is 17.2 Å². The minimum Gasteiger partial charge on any atom is -0.494 e. The number of ether oxygens (including phenoxy) is 1. The third-order valence-electron chi connectivity index (χ3n) is 2.60. The largest absolute Gasteiger partial charge is 0.494 e. The van der Waals surface area contributed by atoms with Crippen LogP contribution in [-0.4, -0.2) is 36.0 Å². The van der Waals surface area contributed by atoms with Crippen molar-refractivity contribution < 1.29 is 9.53 Å². The molecule has 0 saturated heterocycles. The second-order valence-corrected chi connectivity index (χ2v) is 4.63. The predicted molar refractivity (Wildman–Crippen MR) is 71.8 cm³/mol. The number of hydrogen-bond donors (Lipinski definition) is 0. The topological polar surface area (TPSA) is 66.2 Å². The highest BCUT2D eigenvalue weighted by atomic mass is 16.5. The summed E-state index contributed by atoms with van der Waals surface area (Å²) in [5.41, 5.74) is 0.482. The predicted octanol–water partition coefficient (Wildman–Crippen LogP) is 2.10. The van der Waals surface area contributed by atoms with Crippen LogP contribution in [0.2, 0.25) is 0 Å². The summed E-state index contributed by atoms with van der Waals surface area (Å²) >= 11 is 0. The minimum atomic E-state index is -0.122. The number of amides is 1. The Morgan fingerprint density at radius 2 is 2.32 bits per heavy atom. The van der Waals surface area contributed by atoms with Crippen molar-refractivity contribution in [3.8, 4) is 11.8 Å². The highest BCUT2D eigenvalue weighted by molar-refractivity contribution is 5.96. The maximum absolute atomic E-state index is 12.5. The van der Waals surface area contributed by atoms with Gasteiger partial charge in [-0.15, -0.1) is 0 Å². The van der Waals surface area contributed by atoms with Gasteiger partial charge in [0.15, 0.2) is 0 Å². The molecule has 19 heavy (non-hydrogen) atoms. The Hall–Kier alpha value is -2.09. The summed E-state index contributed by atoms with van der Waals surface area (Å²) in [5, 5.41) is 8.68. The van der Waals surface area contributed by atoms with Crippen molar-refractivity contribution >= 4 is 5.91 Å². The number of methoxy groups -OCH3 is 1. The lowest BCUT2D eigenvalue weighted by molar-refractivity contribution is 0.0736. The molecule has 0 unspecified atom stereocenters. The highest BCUT2D eigenvalue weighted by Gasteiger charge is 2.20. The standard InChI is InChI=1S/C14H19N3O2/c1-11(2)10-17(8-4-6-15)14(18)12-5-7-16-9-13(12)19-3/h5,7,9,11H,4,8,10H2,1-3H3. The first-order chi connectivity index (χ1) is 9.10. The van der Waals surface area contributed by atoms with Gasteiger partial charge in [-0.1, -0.05) is 13.8 Å². The van der Waals surface area contributed by atoms with Gasteiger partial charge < -0.3 is 9.64 Å². The van der Waals surface area contributed by atoms with Gasteiger partial charge in [0.2, 0.25) is 0 Å². The van der Waals surface area contributed by atoms with Gasteiger partial charge in [-0.2, -0.15) is 5.26 Å². The number of nitrogens with zero attached hydrogens (tertiary/aromatic N) is 3. The van der Waals surface area contributed by atoms with Crippen molar-refractivity contribution in [1.29, 1.82) is 5.26 Å². The molecule has 1 amide bonds. The van der Waals surface area contributed by atoms with E-state index in [9.17, 15) is 4.79 Å². The maximum Gasteiger partial charge on any atom is 0.257 e. The molecule has 0 aliphatic carbocycles. The molecule has 0 N–H and O–H groups in total. The van der Waals surface area contributed by atoms with E-state index >= 15 is 0 Å². The van der Waals surface area contributed by atoms with Crippen LogP contribution in [0, 0.1) is 17.2 Å². The fraction of sp³-hybridized carbons (Fsp3) is 0.500. The molecule has 5 heteroatoms. The van der Waals surface area contributed by atoms with Gasteiger partial charge in [-0.25, -0.2) is 0 Å². The molecule has 102 valence electrons. The average Bonchev–Trinajstić information content (AvgIpc) is 2.42. The zero-order valence-corrected chi connectivity index (χ0v) is 11.6. The normalized spacial score (nSPS) is 10.1. The van der Waals surface area contributed by atoms with Crippen LogP contribution in [0.15, 0.2) is 18.5 Å². The lowest BCUT2D eigenvalue weighted by atomic mass is 10.1. The quantitative estimate of drug-likeness (QED) is 0.786. The molecule has 1 aromatic rings. The fourth-order valence-electron chi connectivity index (χ4n) is 1.79. The Kier molecular flexibility index (Phi) is 5.80. The number of aromatic nitrogens is 1. The molecule has 1 heterocycles. The second-order valence-electron chi connectivity index (χ2n) is 4.63. The van der Waals surface area contributed by atoms with E-state index in [4.69, 9.17) is 10.00 Å². The van der Waals surface area contributed by atoms with Gasteiger partial charge in [-0.3, -0.25) is 9.78 Å². The maximum atomic E-state index is 12.5. The number of carbonyl (C=O) groups excluding carboxylic acids is 1. The zero-order chi connectivity index (χ0) is 14.3. The van der Waals surface area contributed by atoms with E-state index in [0.717, 1.165) is 0 Å². The molecule has 0 atom stereocenters. The van der Waals surface area contributed by atoms with Crippen LogP contribution in [0.5, 0.6) is 5.75 Å². The average molecular weight is 261 g/mol. The number of nitriles is 1. The summed E-state index contributed by atoms with van der Waals surface area (Å²) in [7, 11) is 1.51. The molecule has 0 aromatic carbocycles. The molecule has 0 aliphatic heterocycles. The van der Waals surface area contributed by atoms with Crippen molar-refractivity contribution in [3.05, 3.63) is 24.0 Å². The molecular formula is C14H19N3O2. The van der Waals surface area contributed by atoms with Crippen molar-refractivity contribution in [2.24, 2.45) is 5.92 Å². The van der Waals surface area contributed by atoms with Crippen LogP contribution in [0.3, 0.4) is 0 Å². The van der Waals surface area contributed by atoms with Crippen molar-refractivity contribution in [2.75, 3.05) is 20.2 Å². The van der Waals surface area contributed by atoms with Crippen LogP contribution < -0.4 is 4.74 Å². The second kappa shape index (κ2) is 7.37. The highest BCUT2D eigenvalue weighted by Crippen LogP contribution is 2.18. The first-order valence-corrected chi connectivity index (χ1v) is 6.24. The van der Waals surface area contributed by atoms with Crippen LogP contribution in [0.1, 0.15) is 30.6 Å². The van der Waals surface area contributed by atoms with Crippen LogP contribution in [-0.2, 0) is 0 Å². The van der Waals surface area contributed by atoms with Crippen molar-refractivity contribution in [2.45, 2.75) is 20.3 Å². The number of rotatable bonds is 6. The molecular weight excluding hydrogens is 242 g/mol. The SMILES string of the molecule is COc1cnccc1C(=O)N(CCC#N)CC(C)C. The van der Waals surface area contributed by atoms with E-state index in [1.807, 2.05) is 13.8 Å². The molecule has 0 spiro atoms. The van der Waals surface area contributed by atoms with Gasteiger partial charge in [0.25, 0.3) is 5.91 Å². The number of carbonyl (C=O) groups is 1. The Balaban J connectivity index is 2.94. The summed E-state index contributed by atoms with van der Waals surface area (Å²) in [6, 6.07) is 3.71. The van der Waals surface area contributed by atoms with Gasteiger partial charge in [0.1, 0.15) is 5.75 Å². The van der Waals surface area contributed by atoms with Crippen LogP contribution in [0.25, 0.3) is 0 Å². The molecule has 5 nitrogen and oxygen atoms in total. The molecule has 0 aliphatic rings. The van der Waals surface area contributed by atoms with Crippen LogP contribution in [0.4, 0.5) is 0 Å². The minimum absolute atomic E-state index is 0.122. The van der Waals surface area contributed by atoms with Gasteiger partial charge in [0, 0.05) is 19.3 Å². The van der Waals surface area contributed by atoms with E-state index < -0.39 is 0 Å². The van der Waals surface area contributed by atoms with Gasteiger partial charge >= 0.3 is 0 Å². The summed E-state index contributed by atoms with van der Waals surface area (Å²) in [4.78, 5) is 18.1. The molecule has 0 saturated carbocycles. The third kappa shape index (κ3) is 4.25. The zero-order valence-electron chi connectivity index (χ0n) is 11.6. The molecule has 1 aromatic heterocycles. The lowest BCUT2D eigenvalue weighted by Gasteiger charge is -2.24. The first kappa shape index (κ1) is 15.0. The monoisotopic (exact) mass is 261 g/mol. The summed E-state index contributed by atoms with van der Waals surface area (Å²) in [6.07, 6.45) is 3.41. The van der Waals surface area contributed by atoms with E-state index in [0.29, 0.717) is 36.7 Å². The Morgan fingerprint density at radius 1 is 1.58 bits per heavy atom. The molecule has 0 radical (unpaired) electrons. The summed E-state index contributed by atoms with van der Waals surface area (Å²) in [6.45, 7) is 5.12. The molecule has 0 fully saturated rings. The number of pyridine rings is 1. The first-order valence-electron chi connectivity index (χ1n) is 6.24. The van der Waals surface area contributed by atoms with E-state index in [-0.39, 0.29) is 5.91 Å². The van der Waals surface area contributed by atoms with Crippen molar-refractivity contribution in [3.63, 3.8) is 0 Å². The summed E-state index contributed by atoms with van der Waals surface area (Å²) < 4.78 is 5.15. The Bertz CT molecular complexity index is 466. The number of hydrogen-bond acceptors (Lipinski definition) is 4. The fourth-order valence-corrected chi connectivity index (χ4v) is 1.79. The summed E-state index contributed by atoms with van der Waals surface area (Å²) in [5.74, 6) is 0.678. The lowest BCUT2D eigenvalue weighted by Crippen LogP contribution is -2.35. The van der Waals surface area contributed by atoms with Crippen LogP contribution >= 0.6 is 0 Å². The van der Waals surface area contributed by atoms with Crippen molar-refractivity contribution in [1.82, 2.24) is 9.88 Å². The van der Waals surface area contributed by atoms with Gasteiger partial charge in [0.05, 0.1) is 31.4 Å². The van der Waals surface area contributed by atoms with E-state index in [2.05, 4.69) is 11.1 Å². The van der Waals surface area contributed by atoms with E-state index in [1.165, 1.54) is 13.3 Å². The Morgan fingerprint density at radius 3 is 2.89 bits per heavy atom. The molecule has 1 rings (SSSR count). The third-order valence-corrected chi connectivity index (χ3v) is 2.60. The molecule has 0 bridgehead atoms.